The molecule has 0 saturated carbocycles. The lowest BCUT2D eigenvalue weighted by Gasteiger charge is -2.13. The van der Waals surface area contributed by atoms with Gasteiger partial charge in [0.15, 0.2) is 11.5 Å². The minimum atomic E-state index is 0.178. The lowest BCUT2D eigenvalue weighted by molar-refractivity contribution is 0.311. The number of hydrogen-bond acceptors (Lipinski definition) is 6. The maximum Gasteiger partial charge on any atom is 0.161 e. The van der Waals surface area contributed by atoms with Crippen LogP contribution in [0.25, 0.3) is 22.4 Å². The van der Waals surface area contributed by atoms with Crippen molar-refractivity contribution in [2.45, 2.75) is 6.92 Å². The van der Waals surface area contributed by atoms with Gasteiger partial charge in [0.2, 0.25) is 0 Å². The summed E-state index contributed by atoms with van der Waals surface area (Å²) in [4.78, 5) is 8.46. The number of anilines is 1. The molecule has 26 heavy (non-hydrogen) atoms. The fourth-order valence-electron chi connectivity index (χ4n) is 2.68. The van der Waals surface area contributed by atoms with E-state index in [0.717, 1.165) is 11.1 Å². The number of aromatic nitrogens is 2. The molecular formula is C20H18N4O2. The average Bonchev–Trinajstić information content (AvgIpc) is 2.68. The second-order valence-electron chi connectivity index (χ2n) is 5.47. The molecule has 0 aliphatic heterocycles. The number of rotatable bonds is 5. The molecule has 0 amide bonds. The molecule has 130 valence electrons. The van der Waals surface area contributed by atoms with Gasteiger partial charge in [0.1, 0.15) is 17.5 Å². The minimum absolute atomic E-state index is 0.178. The summed E-state index contributed by atoms with van der Waals surface area (Å²) in [6, 6.07) is 13.2. The summed E-state index contributed by atoms with van der Waals surface area (Å²) >= 11 is 0. The number of ether oxygens (including phenoxy) is 2. The second kappa shape index (κ2) is 7.53. The third kappa shape index (κ3) is 3.28. The summed E-state index contributed by atoms with van der Waals surface area (Å²) in [5.74, 6) is 1.41. The average molecular weight is 346 g/mol. The van der Waals surface area contributed by atoms with Crippen LogP contribution in [0.5, 0.6) is 11.5 Å². The molecule has 0 aliphatic carbocycles. The molecule has 6 nitrogen and oxygen atoms in total. The molecule has 3 rings (SSSR count). The summed E-state index contributed by atoms with van der Waals surface area (Å²) < 4.78 is 11.0. The van der Waals surface area contributed by atoms with Crippen LogP contribution in [0.2, 0.25) is 0 Å². The molecule has 1 aromatic carbocycles. The molecule has 0 radical (unpaired) electrons. The molecule has 6 heteroatoms. The van der Waals surface area contributed by atoms with Gasteiger partial charge in [0, 0.05) is 23.5 Å². The van der Waals surface area contributed by atoms with Crippen LogP contribution in [-0.2, 0) is 0 Å². The van der Waals surface area contributed by atoms with Crippen LogP contribution in [0.1, 0.15) is 12.5 Å². The number of nitrogens with two attached hydrogens (primary N) is 1. The first-order chi connectivity index (χ1) is 12.7. The van der Waals surface area contributed by atoms with E-state index in [4.69, 9.17) is 15.2 Å². The van der Waals surface area contributed by atoms with Crippen molar-refractivity contribution in [3.05, 3.63) is 54.4 Å². The standard InChI is InChI=1S/C20H18N4O2/c1-3-26-18-7-6-13(9-19(18)25-2)15-10-17(14-5-4-8-23-12-14)24-20(22)16(15)11-21/h4-10,12H,3H2,1-2H3,(H2,22,24). The molecule has 0 unspecified atom stereocenters. The monoisotopic (exact) mass is 346 g/mol. The van der Waals surface area contributed by atoms with Gasteiger partial charge in [0.05, 0.1) is 19.4 Å². The largest absolute Gasteiger partial charge is 0.493 e. The quantitative estimate of drug-likeness (QED) is 0.757. The topological polar surface area (TPSA) is 94.0 Å². The van der Waals surface area contributed by atoms with E-state index in [-0.39, 0.29) is 5.82 Å². The van der Waals surface area contributed by atoms with Crippen molar-refractivity contribution in [3.8, 4) is 40.0 Å². The Morgan fingerprint density at radius 3 is 2.65 bits per heavy atom. The zero-order valence-electron chi connectivity index (χ0n) is 14.6. The van der Waals surface area contributed by atoms with Gasteiger partial charge < -0.3 is 15.2 Å². The lowest BCUT2D eigenvalue weighted by atomic mass is 9.98. The molecule has 2 aromatic heterocycles. The SMILES string of the molecule is CCOc1ccc(-c2cc(-c3cccnc3)nc(N)c2C#N)cc1OC. The van der Waals surface area contributed by atoms with Crippen molar-refractivity contribution in [1.82, 2.24) is 9.97 Å². The van der Waals surface area contributed by atoms with Crippen LogP contribution in [-0.4, -0.2) is 23.7 Å². The van der Waals surface area contributed by atoms with E-state index in [1.165, 1.54) is 0 Å². The Bertz CT molecular complexity index is 966. The van der Waals surface area contributed by atoms with Crippen molar-refractivity contribution < 1.29 is 9.47 Å². The first kappa shape index (κ1) is 17.2. The molecule has 3 aromatic rings. The first-order valence-electron chi connectivity index (χ1n) is 8.10. The lowest BCUT2D eigenvalue weighted by Crippen LogP contribution is -2.00. The smallest absolute Gasteiger partial charge is 0.161 e. The van der Waals surface area contributed by atoms with Crippen molar-refractivity contribution in [1.29, 1.82) is 5.26 Å². The Labute approximate surface area is 151 Å². The van der Waals surface area contributed by atoms with Gasteiger partial charge in [-0.3, -0.25) is 4.98 Å². The van der Waals surface area contributed by atoms with Crippen molar-refractivity contribution in [2.24, 2.45) is 0 Å². The van der Waals surface area contributed by atoms with Crippen LogP contribution in [0.15, 0.2) is 48.8 Å². The molecule has 0 fully saturated rings. The number of benzene rings is 1. The zero-order chi connectivity index (χ0) is 18.5. The molecule has 2 heterocycles. The maximum absolute atomic E-state index is 9.55. The molecule has 2 N–H and O–H groups in total. The van der Waals surface area contributed by atoms with Crippen molar-refractivity contribution in [2.75, 3.05) is 19.5 Å². The predicted octanol–water partition coefficient (Wildman–Crippen LogP) is 3.67. The van der Waals surface area contributed by atoms with E-state index in [9.17, 15) is 5.26 Å². The Morgan fingerprint density at radius 1 is 1.15 bits per heavy atom. The summed E-state index contributed by atoms with van der Waals surface area (Å²) in [6.45, 7) is 2.44. The third-order valence-electron chi connectivity index (χ3n) is 3.89. The van der Waals surface area contributed by atoms with Gasteiger partial charge in [-0.1, -0.05) is 6.07 Å². The molecular weight excluding hydrogens is 328 g/mol. The minimum Gasteiger partial charge on any atom is -0.493 e. The number of nitriles is 1. The summed E-state index contributed by atoms with van der Waals surface area (Å²) in [6.07, 6.45) is 3.39. The Morgan fingerprint density at radius 2 is 2.00 bits per heavy atom. The number of nitrogens with zero attached hydrogens (tertiary/aromatic N) is 3. The normalized spacial score (nSPS) is 10.2. The fourth-order valence-corrected chi connectivity index (χ4v) is 2.68. The van der Waals surface area contributed by atoms with Crippen LogP contribution in [0, 0.1) is 11.3 Å². The molecule has 0 bridgehead atoms. The van der Waals surface area contributed by atoms with Gasteiger partial charge in [-0.05, 0) is 42.8 Å². The van der Waals surface area contributed by atoms with Gasteiger partial charge in [-0.25, -0.2) is 4.98 Å². The van der Waals surface area contributed by atoms with Crippen LogP contribution >= 0.6 is 0 Å². The second-order valence-corrected chi connectivity index (χ2v) is 5.47. The predicted molar refractivity (Wildman–Crippen MR) is 99.8 cm³/mol. The van der Waals surface area contributed by atoms with Crippen molar-refractivity contribution in [3.63, 3.8) is 0 Å². The number of nitrogen functional groups attached to an aromatic ring is 1. The van der Waals surface area contributed by atoms with Gasteiger partial charge >= 0.3 is 0 Å². The zero-order valence-corrected chi connectivity index (χ0v) is 14.6. The fraction of sp³-hybridized carbons (Fsp3) is 0.150. The van der Waals surface area contributed by atoms with E-state index in [0.29, 0.717) is 34.9 Å². The Kier molecular flexibility index (Phi) is 4.99. The third-order valence-corrected chi connectivity index (χ3v) is 3.89. The first-order valence-corrected chi connectivity index (χ1v) is 8.10. The molecule has 0 atom stereocenters. The van der Waals surface area contributed by atoms with E-state index >= 15 is 0 Å². The summed E-state index contributed by atoms with van der Waals surface area (Å²) in [5, 5.41) is 9.55. The van der Waals surface area contributed by atoms with Crippen molar-refractivity contribution >= 4 is 5.82 Å². The van der Waals surface area contributed by atoms with Gasteiger partial charge in [-0.2, -0.15) is 5.26 Å². The number of hydrogen-bond donors (Lipinski definition) is 1. The maximum atomic E-state index is 9.55. The Hall–Kier alpha value is -3.59. The van der Waals surface area contributed by atoms with E-state index in [1.807, 2.05) is 43.3 Å². The number of methoxy groups -OCH3 is 1. The highest BCUT2D eigenvalue weighted by Crippen LogP contribution is 2.36. The molecule has 0 aliphatic rings. The summed E-state index contributed by atoms with van der Waals surface area (Å²) in [5.41, 5.74) is 9.31. The van der Waals surface area contributed by atoms with Crippen LogP contribution < -0.4 is 15.2 Å². The van der Waals surface area contributed by atoms with Gasteiger partial charge in [0.25, 0.3) is 0 Å². The number of pyridine rings is 2. The Balaban J connectivity index is 2.18. The molecule has 0 spiro atoms. The highest BCUT2D eigenvalue weighted by molar-refractivity contribution is 5.81. The van der Waals surface area contributed by atoms with E-state index < -0.39 is 0 Å². The van der Waals surface area contributed by atoms with E-state index in [1.54, 1.807) is 19.5 Å². The van der Waals surface area contributed by atoms with Crippen LogP contribution in [0.4, 0.5) is 5.82 Å². The van der Waals surface area contributed by atoms with Crippen LogP contribution in [0.3, 0.4) is 0 Å². The van der Waals surface area contributed by atoms with E-state index in [2.05, 4.69) is 16.0 Å². The van der Waals surface area contributed by atoms with Gasteiger partial charge in [-0.15, -0.1) is 0 Å². The molecule has 0 saturated heterocycles. The summed E-state index contributed by atoms with van der Waals surface area (Å²) in [7, 11) is 1.58. The highest BCUT2D eigenvalue weighted by atomic mass is 16.5. The highest BCUT2D eigenvalue weighted by Gasteiger charge is 2.15.